The van der Waals surface area contributed by atoms with Crippen molar-refractivity contribution < 1.29 is 22.5 Å². The molecule has 154 valence electrons. The highest BCUT2D eigenvalue weighted by atomic mass is 32.2. The normalized spacial score (nSPS) is 13.8. The SMILES string of the molecule is Cn1nc(N2Cc3cc(OCc4ccc(OS(=O)O)cn4)ccc3C2=O)ccc1=O. The molecular formula is C19H16N4O6S. The molecule has 1 N–H and O–H groups in total. The summed E-state index contributed by atoms with van der Waals surface area (Å²) in [6.07, 6.45) is 1.33. The number of carbonyl (C=O) groups is 1. The van der Waals surface area contributed by atoms with Gasteiger partial charge >= 0.3 is 11.4 Å². The summed E-state index contributed by atoms with van der Waals surface area (Å²) in [6.45, 7) is 0.487. The summed E-state index contributed by atoms with van der Waals surface area (Å²) in [5, 5.41) is 4.14. The highest BCUT2D eigenvalue weighted by Gasteiger charge is 2.30. The van der Waals surface area contributed by atoms with Crippen molar-refractivity contribution in [3.8, 4) is 11.5 Å². The number of amides is 1. The minimum Gasteiger partial charge on any atom is -0.487 e. The molecule has 1 unspecified atom stereocenters. The number of carbonyl (C=O) groups excluding carboxylic acids is 1. The van der Waals surface area contributed by atoms with Gasteiger partial charge in [-0.15, -0.1) is 0 Å². The smallest absolute Gasteiger partial charge is 0.357 e. The zero-order chi connectivity index (χ0) is 21.3. The number of aryl methyl sites for hydroxylation is 1. The maximum absolute atomic E-state index is 12.7. The van der Waals surface area contributed by atoms with Gasteiger partial charge in [0.2, 0.25) is 0 Å². The van der Waals surface area contributed by atoms with E-state index in [4.69, 9.17) is 9.29 Å². The van der Waals surface area contributed by atoms with Crippen molar-refractivity contribution in [1.29, 1.82) is 0 Å². The molecule has 0 bridgehead atoms. The minimum atomic E-state index is -2.40. The van der Waals surface area contributed by atoms with Crippen LogP contribution in [-0.4, -0.2) is 29.4 Å². The van der Waals surface area contributed by atoms with Crippen molar-refractivity contribution in [2.45, 2.75) is 13.2 Å². The van der Waals surface area contributed by atoms with Gasteiger partial charge in [0.1, 0.15) is 12.4 Å². The number of fused-ring (bicyclic) bond motifs is 1. The maximum atomic E-state index is 12.7. The number of rotatable bonds is 6. The third-order valence-corrected chi connectivity index (χ3v) is 4.79. The molecule has 1 aliphatic heterocycles. The van der Waals surface area contributed by atoms with Crippen molar-refractivity contribution in [2.75, 3.05) is 4.90 Å². The number of ether oxygens (including phenoxy) is 1. The molecule has 3 heterocycles. The molecular weight excluding hydrogens is 412 g/mol. The van der Waals surface area contributed by atoms with Crippen molar-refractivity contribution in [1.82, 2.24) is 14.8 Å². The van der Waals surface area contributed by atoms with Crippen LogP contribution in [0.2, 0.25) is 0 Å². The second kappa shape index (κ2) is 8.05. The van der Waals surface area contributed by atoms with Crippen LogP contribution in [0.4, 0.5) is 5.82 Å². The molecule has 4 rings (SSSR count). The lowest BCUT2D eigenvalue weighted by Gasteiger charge is -2.14. The summed E-state index contributed by atoms with van der Waals surface area (Å²) in [5.74, 6) is 0.940. The summed E-state index contributed by atoms with van der Waals surface area (Å²) in [7, 11) is 1.53. The van der Waals surface area contributed by atoms with E-state index in [1.165, 1.54) is 41.0 Å². The molecule has 0 spiro atoms. The lowest BCUT2D eigenvalue weighted by molar-refractivity contribution is 0.0995. The van der Waals surface area contributed by atoms with Gasteiger partial charge in [0.25, 0.3) is 11.5 Å². The molecule has 1 atom stereocenters. The van der Waals surface area contributed by atoms with E-state index in [0.29, 0.717) is 29.4 Å². The topological polar surface area (TPSA) is 124 Å². The Morgan fingerprint density at radius 2 is 1.93 bits per heavy atom. The monoisotopic (exact) mass is 428 g/mol. The predicted octanol–water partition coefficient (Wildman–Crippen LogP) is 1.43. The molecule has 0 radical (unpaired) electrons. The van der Waals surface area contributed by atoms with E-state index in [1.54, 1.807) is 24.3 Å². The van der Waals surface area contributed by atoms with Crippen molar-refractivity contribution >= 4 is 23.1 Å². The fourth-order valence-corrected chi connectivity index (χ4v) is 3.25. The number of pyridine rings is 1. The Bertz CT molecular complexity index is 1190. The first-order valence-corrected chi connectivity index (χ1v) is 9.80. The highest BCUT2D eigenvalue weighted by molar-refractivity contribution is 7.74. The molecule has 30 heavy (non-hydrogen) atoms. The summed E-state index contributed by atoms with van der Waals surface area (Å²) < 4.78 is 30.9. The largest absolute Gasteiger partial charge is 0.487 e. The van der Waals surface area contributed by atoms with Crippen LogP contribution in [0.25, 0.3) is 0 Å². The average molecular weight is 428 g/mol. The number of hydrogen-bond acceptors (Lipinski definition) is 7. The molecule has 2 aromatic heterocycles. The van der Waals surface area contributed by atoms with Gasteiger partial charge in [-0.1, -0.05) is 0 Å². The number of aromatic nitrogens is 3. The quantitative estimate of drug-likeness (QED) is 0.585. The van der Waals surface area contributed by atoms with Gasteiger partial charge in [-0.25, -0.2) is 4.68 Å². The summed E-state index contributed by atoms with van der Waals surface area (Å²) in [6, 6.07) is 11.2. The van der Waals surface area contributed by atoms with Crippen molar-refractivity contribution in [2.24, 2.45) is 7.05 Å². The van der Waals surface area contributed by atoms with Crippen molar-refractivity contribution in [3.63, 3.8) is 0 Å². The third kappa shape index (κ3) is 4.07. The van der Waals surface area contributed by atoms with Gasteiger partial charge in [0.05, 0.1) is 18.4 Å². The Morgan fingerprint density at radius 1 is 1.13 bits per heavy atom. The maximum Gasteiger partial charge on any atom is 0.357 e. The summed E-state index contributed by atoms with van der Waals surface area (Å²) in [5.41, 5.74) is 1.68. The number of benzene rings is 1. The second-order valence-corrected chi connectivity index (χ2v) is 7.04. The van der Waals surface area contributed by atoms with Crippen LogP contribution in [0, 0.1) is 0 Å². The van der Waals surface area contributed by atoms with Crippen LogP contribution in [0.3, 0.4) is 0 Å². The Morgan fingerprint density at radius 3 is 2.63 bits per heavy atom. The van der Waals surface area contributed by atoms with Gasteiger partial charge in [-0.05, 0) is 42.0 Å². The van der Waals surface area contributed by atoms with Crippen LogP contribution in [-0.2, 0) is 31.6 Å². The lowest BCUT2D eigenvalue weighted by atomic mass is 10.1. The molecule has 0 fully saturated rings. The van der Waals surface area contributed by atoms with Crippen LogP contribution < -0.4 is 19.4 Å². The predicted molar refractivity (Wildman–Crippen MR) is 106 cm³/mol. The number of hydrogen-bond donors (Lipinski definition) is 1. The molecule has 10 nitrogen and oxygen atoms in total. The first-order valence-electron chi connectivity index (χ1n) is 8.77. The number of anilines is 1. The molecule has 0 aliphatic carbocycles. The van der Waals surface area contributed by atoms with E-state index in [2.05, 4.69) is 14.3 Å². The minimum absolute atomic E-state index is 0.168. The first-order chi connectivity index (χ1) is 14.4. The third-order valence-electron chi connectivity index (χ3n) is 4.46. The second-order valence-electron chi connectivity index (χ2n) is 6.44. The Balaban J connectivity index is 1.45. The molecule has 0 saturated heterocycles. The molecule has 11 heteroatoms. The van der Waals surface area contributed by atoms with E-state index in [0.717, 1.165) is 5.56 Å². The fourth-order valence-electron chi connectivity index (χ4n) is 2.99. The molecule has 1 amide bonds. The molecule has 3 aromatic rings. The Hall–Kier alpha value is -3.57. The van der Waals surface area contributed by atoms with Gasteiger partial charge in [0, 0.05) is 18.7 Å². The van der Waals surface area contributed by atoms with E-state index in [9.17, 15) is 13.8 Å². The Labute approximate surface area is 173 Å². The Kier molecular flexibility index (Phi) is 5.29. The van der Waals surface area contributed by atoms with E-state index >= 15 is 0 Å². The average Bonchev–Trinajstić information content (AvgIpc) is 3.05. The van der Waals surface area contributed by atoms with Crippen LogP contribution >= 0.6 is 0 Å². The van der Waals surface area contributed by atoms with Gasteiger partial charge in [-0.2, -0.15) is 9.31 Å². The van der Waals surface area contributed by atoms with Gasteiger partial charge in [-0.3, -0.25) is 24.0 Å². The molecule has 1 aromatic carbocycles. The van der Waals surface area contributed by atoms with E-state index < -0.39 is 11.4 Å². The number of nitrogens with zero attached hydrogens (tertiary/aromatic N) is 4. The summed E-state index contributed by atoms with van der Waals surface area (Å²) >= 11 is -2.40. The summed E-state index contributed by atoms with van der Waals surface area (Å²) in [4.78, 5) is 29.8. The zero-order valence-electron chi connectivity index (χ0n) is 15.7. The van der Waals surface area contributed by atoms with Gasteiger partial charge < -0.3 is 8.92 Å². The van der Waals surface area contributed by atoms with E-state index in [1.807, 2.05) is 0 Å². The fraction of sp³-hybridized carbons (Fsp3) is 0.158. The zero-order valence-corrected chi connectivity index (χ0v) is 16.5. The standard InChI is InChI=1S/C19H16N4O6S/c1-22-18(24)7-6-17(21-22)23-10-12-8-14(4-5-16(12)19(23)25)28-11-13-2-3-15(9-20-13)29-30(26)27/h2-9H,10-11H2,1H3,(H,26,27). The first kappa shape index (κ1) is 19.7. The van der Waals surface area contributed by atoms with Crippen LogP contribution in [0.1, 0.15) is 21.6 Å². The molecule has 0 saturated carbocycles. The molecule has 1 aliphatic rings. The highest BCUT2D eigenvalue weighted by Crippen LogP contribution is 2.29. The van der Waals surface area contributed by atoms with Crippen molar-refractivity contribution in [3.05, 3.63) is 75.8 Å². The lowest BCUT2D eigenvalue weighted by Crippen LogP contribution is -2.28. The van der Waals surface area contributed by atoms with Crippen LogP contribution in [0.15, 0.2) is 53.5 Å². The van der Waals surface area contributed by atoms with Gasteiger partial charge in [0.15, 0.2) is 11.6 Å². The van der Waals surface area contributed by atoms with E-state index in [-0.39, 0.29) is 23.8 Å². The van der Waals surface area contributed by atoms with Crippen LogP contribution in [0.5, 0.6) is 11.5 Å².